The molecule has 0 bridgehead atoms. The van der Waals surface area contributed by atoms with Gasteiger partial charge in [0.05, 0.1) is 11.7 Å². The summed E-state index contributed by atoms with van der Waals surface area (Å²) in [5.41, 5.74) is 14.3. The van der Waals surface area contributed by atoms with E-state index in [2.05, 4.69) is 9.97 Å². The highest BCUT2D eigenvalue weighted by molar-refractivity contribution is 5.93. The van der Waals surface area contributed by atoms with Crippen molar-refractivity contribution < 1.29 is 9.59 Å². The second-order valence-electron chi connectivity index (χ2n) is 8.35. The summed E-state index contributed by atoms with van der Waals surface area (Å²) in [5, 5.41) is 0. The standard InChI is InChI=1S/C23H29N5O2/c24-21(29)16-11-9-15(10-12-16)18-14-26-23(25)27-20(18)19-8-4-5-13-28(19)22(30)17-6-2-1-3-7-17/h9-12,14,17,19H,1-8,13H2,(H2,24,29)(H2,25,26,27)/t19-/m0/s1. The van der Waals surface area contributed by atoms with Gasteiger partial charge in [0.2, 0.25) is 17.8 Å². The van der Waals surface area contributed by atoms with Crippen LogP contribution in [0.2, 0.25) is 0 Å². The first kappa shape index (κ1) is 20.3. The van der Waals surface area contributed by atoms with E-state index in [4.69, 9.17) is 11.5 Å². The van der Waals surface area contributed by atoms with Gasteiger partial charge in [0.25, 0.3) is 0 Å². The smallest absolute Gasteiger partial charge is 0.248 e. The Morgan fingerprint density at radius 3 is 2.37 bits per heavy atom. The fourth-order valence-electron chi connectivity index (χ4n) is 4.76. The van der Waals surface area contributed by atoms with E-state index in [0.717, 1.165) is 68.3 Å². The lowest BCUT2D eigenvalue weighted by Gasteiger charge is -2.39. The number of carbonyl (C=O) groups excluding carboxylic acids is 2. The van der Waals surface area contributed by atoms with Crippen molar-refractivity contribution in [1.82, 2.24) is 14.9 Å². The highest BCUT2D eigenvalue weighted by atomic mass is 16.2. The Balaban J connectivity index is 1.69. The van der Waals surface area contributed by atoms with Crippen LogP contribution in [0.1, 0.15) is 73.5 Å². The monoisotopic (exact) mass is 407 g/mol. The maximum atomic E-state index is 13.4. The largest absolute Gasteiger partial charge is 0.368 e. The second kappa shape index (κ2) is 8.81. The number of rotatable bonds is 4. The van der Waals surface area contributed by atoms with Crippen LogP contribution in [0, 0.1) is 5.92 Å². The van der Waals surface area contributed by atoms with Gasteiger partial charge in [-0.1, -0.05) is 31.4 Å². The van der Waals surface area contributed by atoms with Crippen LogP contribution in [0.4, 0.5) is 5.95 Å². The van der Waals surface area contributed by atoms with Gasteiger partial charge in [0, 0.05) is 29.8 Å². The summed E-state index contributed by atoms with van der Waals surface area (Å²) in [6.07, 6.45) is 10.1. The van der Waals surface area contributed by atoms with Gasteiger partial charge >= 0.3 is 0 Å². The molecule has 1 aliphatic heterocycles. The lowest BCUT2D eigenvalue weighted by molar-refractivity contribution is -0.140. The molecule has 1 saturated heterocycles. The van der Waals surface area contributed by atoms with Crippen molar-refractivity contribution in [2.45, 2.75) is 57.4 Å². The molecule has 0 radical (unpaired) electrons. The van der Waals surface area contributed by atoms with Crippen molar-refractivity contribution in [3.8, 4) is 11.1 Å². The molecule has 2 fully saturated rings. The van der Waals surface area contributed by atoms with E-state index in [9.17, 15) is 9.59 Å². The molecule has 158 valence electrons. The number of likely N-dealkylation sites (tertiary alicyclic amines) is 1. The first-order valence-corrected chi connectivity index (χ1v) is 10.9. The van der Waals surface area contributed by atoms with Crippen molar-refractivity contribution in [2.24, 2.45) is 11.7 Å². The zero-order valence-corrected chi connectivity index (χ0v) is 17.2. The molecule has 1 aromatic heterocycles. The molecule has 2 aliphatic rings. The average Bonchev–Trinajstić information content (AvgIpc) is 2.79. The normalized spacial score (nSPS) is 20.1. The minimum Gasteiger partial charge on any atom is -0.368 e. The summed E-state index contributed by atoms with van der Waals surface area (Å²) in [4.78, 5) is 35.6. The molecule has 1 saturated carbocycles. The minimum absolute atomic E-state index is 0.107. The number of primary amides is 1. The molecule has 2 amide bonds. The van der Waals surface area contributed by atoms with Gasteiger partial charge in [-0.25, -0.2) is 9.97 Å². The fraction of sp³-hybridized carbons (Fsp3) is 0.478. The van der Waals surface area contributed by atoms with Gasteiger partial charge in [0.1, 0.15) is 0 Å². The SMILES string of the molecule is NC(=O)c1ccc(-c2cnc(N)nc2[C@@H]2CCCCN2C(=O)C2CCCCC2)cc1. The predicted molar refractivity (Wildman–Crippen MR) is 115 cm³/mol. The summed E-state index contributed by atoms with van der Waals surface area (Å²) >= 11 is 0. The molecule has 0 unspecified atom stereocenters. The van der Waals surface area contributed by atoms with E-state index in [1.807, 2.05) is 17.0 Å². The number of hydrogen-bond acceptors (Lipinski definition) is 5. The van der Waals surface area contributed by atoms with Crippen LogP contribution in [0.25, 0.3) is 11.1 Å². The number of aromatic nitrogens is 2. The quantitative estimate of drug-likeness (QED) is 0.805. The van der Waals surface area contributed by atoms with Crippen LogP contribution < -0.4 is 11.5 Å². The van der Waals surface area contributed by atoms with Crippen LogP contribution in [0.3, 0.4) is 0 Å². The third-order valence-corrected chi connectivity index (χ3v) is 6.37. The van der Waals surface area contributed by atoms with E-state index in [-0.39, 0.29) is 23.8 Å². The first-order valence-electron chi connectivity index (χ1n) is 10.9. The molecule has 7 heteroatoms. The molecule has 0 spiro atoms. The van der Waals surface area contributed by atoms with Crippen LogP contribution in [-0.4, -0.2) is 33.2 Å². The minimum atomic E-state index is -0.466. The number of hydrogen-bond donors (Lipinski definition) is 2. The highest BCUT2D eigenvalue weighted by Gasteiger charge is 2.35. The van der Waals surface area contributed by atoms with Crippen molar-refractivity contribution in [3.63, 3.8) is 0 Å². The molecule has 2 heterocycles. The Bertz CT molecular complexity index is 922. The van der Waals surface area contributed by atoms with Gasteiger partial charge in [-0.2, -0.15) is 0 Å². The van der Waals surface area contributed by atoms with E-state index in [0.29, 0.717) is 5.56 Å². The summed E-state index contributed by atoms with van der Waals surface area (Å²) < 4.78 is 0. The maximum Gasteiger partial charge on any atom is 0.248 e. The molecule has 4 N–H and O–H groups in total. The second-order valence-corrected chi connectivity index (χ2v) is 8.35. The van der Waals surface area contributed by atoms with Crippen LogP contribution in [-0.2, 0) is 4.79 Å². The number of nitrogens with two attached hydrogens (primary N) is 2. The lowest BCUT2D eigenvalue weighted by atomic mass is 9.86. The molecule has 1 aliphatic carbocycles. The molecular weight excluding hydrogens is 378 g/mol. The van der Waals surface area contributed by atoms with Crippen molar-refractivity contribution >= 4 is 17.8 Å². The lowest BCUT2D eigenvalue weighted by Crippen LogP contribution is -2.43. The van der Waals surface area contributed by atoms with Gasteiger partial charge in [-0.3, -0.25) is 9.59 Å². The summed E-state index contributed by atoms with van der Waals surface area (Å²) in [5.74, 6) is 0.119. The Kier molecular flexibility index (Phi) is 5.97. The Hall–Kier alpha value is -2.96. The summed E-state index contributed by atoms with van der Waals surface area (Å²) in [6, 6.07) is 6.97. The Morgan fingerprint density at radius 1 is 0.967 bits per heavy atom. The number of nitrogen functional groups attached to an aromatic ring is 1. The predicted octanol–water partition coefficient (Wildman–Crippen LogP) is 3.46. The van der Waals surface area contributed by atoms with E-state index in [1.54, 1.807) is 18.3 Å². The average molecular weight is 408 g/mol. The van der Waals surface area contributed by atoms with Crippen molar-refractivity contribution in [1.29, 1.82) is 0 Å². The highest BCUT2D eigenvalue weighted by Crippen LogP contribution is 2.38. The number of anilines is 1. The summed E-state index contributed by atoms with van der Waals surface area (Å²) in [7, 11) is 0. The Labute approximate surface area is 176 Å². The molecular formula is C23H29N5O2. The molecule has 1 aromatic carbocycles. The van der Waals surface area contributed by atoms with Crippen LogP contribution in [0.5, 0.6) is 0 Å². The number of nitrogens with zero attached hydrogens (tertiary/aromatic N) is 3. The van der Waals surface area contributed by atoms with Gasteiger partial charge in [-0.15, -0.1) is 0 Å². The molecule has 30 heavy (non-hydrogen) atoms. The molecule has 7 nitrogen and oxygen atoms in total. The van der Waals surface area contributed by atoms with Crippen molar-refractivity contribution in [3.05, 3.63) is 41.7 Å². The third-order valence-electron chi connectivity index (χ3n) is 6.37. The van der Waals surface area contributed by atoms with Crippen LogP contribution >= 0.6 is 0 Å². The zero-order valence-electron chi connectivity index (χ0n) is 17.2. The fourth-order valence-corrected chi connectivity index (χ4v) is 4.76. The number of amides is 2. The molecule has 2 aromatic rings. The Morgan fingerprint density at radius 2 is 1.67 bits per heavy atom. The maximum absolute atomic E-state index is 13.4. The van der Waals surface area contributed by atoms with E-state index in [1.165, 1.54) is 6.42 Å². The molecule has 1 atom stereocenters. The number of benzene rings is 1. The van der Waals surface area contributed by atoms with Gasteiger partial charge in [0.15, 0.2) is 0 Å². The third kappa shape index (κ3) is 4.15. The first-order chi connectivity index (χ1) is 14.5. The summed E-state index contributed by atoms with van der Waals surface area (Å²) in [6.45, 7) is 0.754. The van der Waals surface area contributed by atoms with E-state index < -0.39 is 5.91 Å². The van der Waals surface area contributed by atoms with E-state index >= 15 is 0 Å². The van der Waals surface area contributed by atoms with Gasteiger partial charge < -0.3 is 16.4 Å². The number of piperidine rings is 1. The molecule has 4 rings (SSSR count). The number of carbonyl (C=O) groups is 2. The zero-order chi connectivity index (χ0) is 21.1. The topological polar surface area (TPSA) is 115 Å². The van der Waals surface area contributed by atoms with Gasteiger partial charge in [-0.05, 0) is 49.8 Å². The van der Waals surface area contributed by atoms with Crippen LogP contribution in [0.15, 0.2) is 30.5 Å². The van der Waals surface area contributed by atoms with Crippen molar-refractivity contribution in [2.75, 3.05) is 12.3 Å².